The Bertz CT molecular complexity index is 680. The summed E-state index contributed by atoms with van der Waals surface area (Å²) in [6, 6.07) is 4.34. The Morgan fingerprint density at radius 1 is 1.41 bits per heavy atom. The number of amides is 1. The Balaban J connectivity index is 1.68. The molecule has 22 heavy (non-hydrogen) atoms. The van der Waals surface area contributed by atoms with E-state index in [1.807, 2.05) is 6.20 Å². The normalized spacial score (nSPS) is 15.7. The summed E-state index contributed by atoms with van der Waals surface area (Å²) >= 11 is 1.52. The van der Waals surface area contributed by atoms with Crippen molar-refractivity contribution in [1.82, 2.24) is 10.3 Å². The van der Waals surface area contributed by atoms with Gasteiger partial charge in [-0.1, -0.05) is 0 Å². The Hall–Kier alpha value is -1.79. The number of aryl methyl sites for hydroxylation is 1. The minimum absolute atomic E-state index is 0.255. The minimum Gasteiger partial charge on any atom is -0.317 e. The zero-order valence-corrected chi connectivity index (χ0v) is 13.2. The maximum Gasteiger partial charge on any atom is 0.257 e. The lowest BCUT2D eigenvalue weighted by atomic mass is 9.97. The molecule has 0 unspecified atom stereocenters. The molecule has 1 aliphatic rings. The monoisotopic (exact) mass is 319 g/mol. The molecule has 0 bridgehead atoms. The van der Waals surface area contributed by atoms with Gasteiger partial charge in [0.15, 0.2) is 5.13 Å². The van der Waals surface area contributed by atoms with E-state index in [-0.39, 0.29) is 11.7 Å². The molecule has 1 fully saturated rings. The van der Waals surface area contributed by atoms with Crippen LogP contribution in [0.3, 0.4) is 0 Å². The molecule has 3 rings (SSSR count). The molecular weight excluding hydrogens is 301 g/mol. The van der Waals surface area contributed by atoms with Crippen LogP contribution in [0.5, 0.6) is 0 Å². The van der Waals surface area contributed by atoms with Crippen molar-refractivity contribution < 1.29 is 9.18 Å². The van der Waals surface area contributed by atoms with E-state index in [0.29, 0.717) is 22.2 Å². The lowest BCUT2D eigenvalue weighted by Crippen LogP contribution is -2.26. The van der Waals surface area contributed by atoms with Crippen LogP contribution in [-0.2, 0) is 0 Å². The van der Waals surface area contributed by atoms with Gasteiger partial charge < -0.3 is 5.32 Å². The molecule has 1 amide bonds. The van der Waals surface area contributed by atoms with Crippen LogP contribution in [-0.4, -0.2) is 24.0 Å². The summed E-state index contributed by atoms with van der Waals surface area (Å²) < 4.78 is 13.3. The fourth-order valence-electron chi connectivity index (χ4n) is 2.59. The number of carbonyl (C=O) groups excluding carboxylic acids is 1. The van der Waals surface area contributed by atoms with Crippen LogP contribution >= 0.6 is 11.3 Å². The third-order valence-electron chi connectivity index (χ3n) is 3.91. The number of thiazole rings is 1. The van der Waals surface area contributed by atoms with Crippen molar-refractivity contribution in [3.05, 3.63) is 46.2 Å². The van der Waals surface area contributed by atoms with E-state index in [2.05, 4.69) is 15.6 Å². The van der Waals surface area contributed by atoms with Crippen LogP contribution in [0.25, 0.3) is 0 Å². The number of anilines is 1. The summed E-state index contributed by atoms with van der Waals surface area (Å²) in [4.78, 5) is 17.7. The molecule has 0 radical (unpaired) electrons. The third kappa shape index (κ3) is 3.34. The Labute approximate surface area is 132 Å². The average Bonchev–Trinajstić information content (AvgIpc) is 2.99. The largest absolute Gasteiger partial charge is 0.317 e. The van der Waals surface area contributed by atoms with Gasteiger partial charge in [-0.2, -0.15) is 0 Å². The maximum atomic E-state index is 13.3. The van der Waals surface area contributed by atoms with Crippen LogP contribution in [0, 0.1) is 12.7 Å². The molecule has 0 saturated carbocycles. The number of hydrogen-bond acceptors (Lipinski definition) is 4. The molecule has 0 atom stereocenters. The average molecular weight is 319 g/mol. The number of nitrogens with one attached hydrogen (secondary N) is 2. The number of halogens is 1. The van der Waals surface area contributed by atoms with Crippen LogP contribution in [0.2, 0.25) is 0 Å². The smallest absolute Gasteiger partial charge is 0.257 e. The third-order valence-corrected chi connectivity index (χ3v) is 4.98. The Morgan fingerprint density at radius 2 is 2.18 bits per heavy atom. The molecule has 1 aromatic heterocycles. The molecule has 0 spiro atoms. The van der Waals surface area contributed by atoms with Crippen LogP contribution in [0.4, 0.5) is 9.52 Å². The molecule has 2 aromatic rings. The Kier molecular flexibility index (Phi) is 4.49. The molecule has 1 aromatic carbocycles. The van der Waals surface area contributed by atoms with Crippen molar-refractivity contribution in [1.29, 1.82) is 0 Å². The molecular formula is C16H18FN3OS. The van der Waals surface area contributed by atoms with Crippen molar-refractivity contribution in [2.24, 2.45) is 0 Å². The predicted molar refractivity (Wildman–Crippen MR) is 86.0 cm³/mol. The topological polar surface area (TPSA) is 54.0 Å². The second kappa shape index (κ2) is 6.54. The van der Waals surface area contributed by atoms with E-state index in [0.717, 1.165) is 25.9 Å². The van der Waals surface area contributed by atoms with E-state index in [1.54, 1.807) is 13.0 Å². The first-order chi connectivity index (χ1) is 10.6. The standard InChI is InChI=1S/C16H18FN3OS/c1-10-8-12(2-3-13(10)17)15(21)20-16-19-9-14(22-16)11-4-6-18-7-5-11/h2-3,8-9,11,18H,4-7H2,1H3,(H,19,20,21). The summed E-state index contributed by atoms with van der Waals surface area (Å²) in [6.07, 6.45) is 4.06. The van der Waals surface area contributed by atoms with Crippen molar-refractivity contribution in [2.45, 2.75) is 25.7 Å². The zero-order chi connectivity index (χ0) is 15.5. The van der Waals surface area contributed by atoms with Crippen LogP contribution in [0.15, 0.2) is 24.4 Å². The summed E-state index contributed by atoms with van der Waals surface area (Å²) in [6.45, 7) is 3.70. The maximum absolute atomic E-state index is 13.3. The van der Waals surface area contributed by atoms with Crippen LogP contribution in [0.1, 0.15) is 39.6 Å². The Morgan fingerprint density at radius 3 is 2.91 bits per heavy atom. The molecule has 0 aliphatic carbocycles. The highest BCUT2D eigenvalue weighted by atomic mass is 32.1. The van der Waals surface area contributed by atoms with Crippen molar-refractivity contribution >= 4 is 22.4 Å². The van der Waals surface area contributed by atoms with E-state index >= 15 is 0 Å². The first-order valence-corrected chi connectivity index (χ1v) is 8.19. The highest BCUT2D eigenvalue weighted by Gasteiger charge is 2.18. The highest BCUT2D eigenvalue weighted by Crippen LogP contribution is 2.31. The van der Waals surface area contributed by atoms with Crippen molar-refractivity contribution in [3.8, 4) is 0 Å². The highest BCUT2D eigenvalue weighted by molar-refractivity contribution is 7.15. The van der Waals surface area contributed by atoms with Gasteiger partial charge in [0.05, 0.1) is 0 Å². The molecule has 1 aliphatic heterocycles. The molecule has 2 heterocycles. The molecule has 2 N–H and O–H groups in total. The van der Waals surface area contributed by atoms with Crippen LogP contribution < -0.4 is 10.6 Å². The summed E-state index contributed by atoms with van der Waals surface area (Å²) in [7, 11) is 0. The van der Waals surface area contributed by atoms with Gasteiger partial charge in [0.25, 0.3) is 5.91 Å². The van der Waals surface area contributed by atoms with E-state index in [4.69, 9.17) is 0 Å². The SMILES string of the molecule is Cc1cc(C(=O)Nc2ncc(C3CCNCC3)s2)ccc1F. The van der Waals surface area contributed by atoms with E-state index in [9.17, 15) is 9.18 Å². The fourth-order valence-corrected chi connectivity index (χ4v) is 3.57. The van der Waals surface area contributed by atoms with Gasteiger partial charge in [-0.15, -0.1) is 11.3 Å². The number of carbonyl (C=O) groups is 1. The van der Waals surface area contributed by atoms with Crippen molar-refractivity contribution in [2.75, 3.05) is 18.4 Å². The molecule has 6 heteroatoms. The van der Waals surface area contributed by atoms with E-state index in [1.165, 1.54) is 28.3 Å². The number of hydrogen-bond donors (Lipinski definition) is 2. The summed E-state index contributed by atoms with van der Waals surface area (Å²) in [5.74, 6) is -0.0363. The predicted octanol–water partition coefficient (Wildman–Crippen LogP) is 3.31. The lowest BCUT2D eigenvalue weighted by Gasteiger charge is -2.20. The second-order valence-electron chi connectivity index (χ2n) is 5.51. The molecule has 1 saturated heterocycles. The minimum atomic E-state index is -0.306. The molecule has 116 valence electrons. The van der Waals surface area contributed by atoms with Gasteiger partial charge in [-0.25, -0.2) is 9.37 Å². The number of piperidine rings is 1. The number of benzene rings is 1. The van der Waals surface area contributed by atoms with Gasteiger partial charge in [-0.3, -0.25) is 10.1 Å². The van der Waals surface area contributed by atoms with Gasteiger partial charge in [0.1, 0.15) is 5.82 Å². The zero-order valence-electron chi connectivity index (χ0n) is 12.4. The summed E-state index contributed by atoms with van der Waals surface area (Å²) in [5.41, 5.74) is 0.902. The van der Waals surface area contributed by atoms with Gasteiger partial charge in [0, 0.05) is 16.6 Å². The van der Waals surface area contributed by atoms with Gasteiger partial charge in [-0.05, 0) is 62.5 Å². The molecule has 4 nitrogen and oxygen atoms in total. The first kappa shape index (κ1) is 15.1. The number of rotatable bonds is 3. The lowest BCUT2D eigenvalue weighted by molar-refractivity contribution is 0.102. The number of nitrogens with zero attached hydrogens (tertiary/aromatic N) is 1. The van der Waals surface area contributed by atoms with Crippen molar-refractivity contribution in [3.63, 3.8) is 0 Å². The number of aromatic nitrogens is 1. The fraction of sp³-hybridized carbons (Fsp3) is 0.375. The summed E-state index contributed by atoms with van der Waals surface area (Å²) in [5, 5.41) is 6.73. The first-order valence-electron chi connectivity index (χ1n) is 7.37. The van der Waals surface area contributed by atoms with E-state index < -0.39 is 0 Å². The van der Waals surface area contributed by atoms with Gasteiger partial charge in [0.2, 0.25) is 0 Å². The second-order valence-corrected chi connectivity index (χ2v) is 6.57. The van der Waals surface area contributed by atoms with Gasteiger partial charge >= 0.3 is 0 Å². The quantitative estimate of drug-likeness (QED) is 0.912.